The Morgan fingerprint density at radius 3 is 2.71 bits per heavy atom. The number of phenolic OH excluding ortho intramolecular Hbond substituents is 1. The van der Waals surface area contributed by atoms with E-state index in [0.29, 0.717) is 17.8 Å². The largest absolute Gasteiger partial charge is 0.508 e. The fourth-order valence-corrected chi connectivity index (χ4v) is 3.89. The molecule has 21 heavy (non-hydrogen) atoms. The van der Waals surface area contributed by atoms with Gasteiger partial charge in [0.1, 0.15) is 5.75 Å². The second-order valence-electron chi connectivity index (χ2n) is 7.07. The first-order chi connectivity index (χ1) is 10.1. The number of hydrogen-bond acceptors (Lipinski definition) is 3. The molecule has 1 aliphatic heterocycles. The molecule has 1 aliphatic carbocycles. The molecule has 2 N–H and O–H groups in total. The Kier molecular flexibility index (Phi) is 4.51. The molecule has 0 amide bonds. The molecule has 0 unspecified atom stereocenters. The van der Waals surface area contributed by atoms with Gasteiger partial charge in [-0.25, -0.2) is 0 Å². The first-order valence-corrected chi connectivity index (χ1v) is 8.42. The molecular formula is C18H28N2O. The lowest BCUT2D eigenvalue weighted by molar-refractivity contribution is 0.174. The monoisotopic (exact) mass is 288 g/mol. The summed E-state index contributed by atoms with van der Waals surface area (Å²) >= 11 is 0. The Bertz CT molecular complexity index is 478. The third-order valence-corrected chi connectivity index (χ3v) is 4.89. The van der Waals surface area contributed by atoms with Gasteiger partial charge in [0.15, 0.2) is 0 Å². The molecule has 0 spiro atoms. The topological polar surface area (TPSA) is 35.5 Å². The molecule has 3 heteroatoms. The lowest BCUT2D eigenvalue weighted by Gasteiger charge is -2.34. The Labute approximate surface area is 128 Å². The van der Waals surface area contributed by atoms with Crippen LogP contribution < -0.4 is 5.32 Å². The molecule has 1 heterocycles. The molecule has 2 aliphatic rings. The number of benzene rings is 1. The number of piperidine rings is 1. The van der Waals surface area contributed by atoms with Crippen LogP contribution >= 0.6 is 0 Å². The van der Waals surface area contributed by atoms with Gasteiger partial charge in [0.2, 0.25) is 0 Å². The molecule has 1 aromatic carbocycles. The molecule has 3 rings (SSSR count). The summed E-state index contributed by atoms with van der Waals surface area (Å²) in [5, 5.41) is 13.8. The van der Waals surface area contributed by atoms with Gasteiger partial charge in [0.05, 0.1) is 0 Å². The predicted octanol–water partition coefficient (Wildman–Crippen LogP) is 3.09. The summed E-state index contributed by atoms with van der Waals surface area (Å²) < 4.78 is 0. The van der Waals surface area contributed by atoms with E-state index >= 15 is 0 Å². The van der Waals surface area contributed by atoms with Gasteiger partial charge in [-0.1, -0.05) is 26.0 Å². The van der Waals surface area contributed by atoms with Crippen molar-refractivity contribution in [2.75, 3.05) is 19.6 Å². The lowest BCUT2D eigenvalue weighted by atomic mass is 10.0. The van der Waals surface area contributed by atoms with E-state index in [1.165, 1.54) is 38.0 Å². The van der Waals surface area contributed by atoms with Crippen LogP contribution in [0.1, 0.15) is 50.3 Å². The second-order valence-corrected chi connectivity index (χ2v) is 7.07. The van der Waals surface area contributed by atoms with E-state index < -0.39 is 0 Å². The number of fused-ring (bicyclic) bond motifs is 1. The molecule has 1 aromatic rings. The van der Waals surface area contributed by atoms with Crippen molar-refractivity contribution in [3.63, 3.8) is 0 Å². The SMILES string of the molecule is CC(C)CN1CCC(N[C@@H]2CCc3c(O)cccc32)CC1. The van der Waals surface area contributed by atoms with Crippen molar-refractivity contribution in [1.82, 2.24) is 10.2 Å². The predicted molar refractivity (Wildman–Crippen MR) is 86.6 cm³/mol. The number of rotatable bonds is 4. The van der Waals surface area contributed by atoms with Crippen LogP contribution in [-0.2, 0) is 6.42 Å². The summed E-state index contributed by atoms with van der Waals surface area (Å²) in [6.07, 6.45) is 4.62. The highest BCUT2D eigenvalue weighted by Gasteiger charge is 2.28. The molecular weight excluding hydrogens is 260 g/mol. The number of phenols is 1. The smallest absolute Gasteiger partial charge is 0.119 e. The van der Waals surface area contributed by atoms with Gasteiger partial charge in [0, 0.05) is 18.6 Å². The minimum atomic E-state index is 0.439. The molecule has 0 aromatic heterocycles. The van der Waals surface area contributed by atoms with Crippen molar-refractivity contribution >= 4 is 0 Å². The highest BCUT2D eigenvalue weighted by molar-refractivity contribution is 5.44. The van der Waals surface area contributed by atoms with Crippen molar-refractivity contribution in [3.05, 3.63) is 29.3 Å². The number of nitrogens with zero attached hydrogens (tertiary/aromatic N) is 1. The van der Waals surface area contributed by atoms with Gasteiger partial charge >= 0.3 is 0 Å². The molecule has 0 bridgehead atoms. The molecule has 116 valence electrons. The standard InChI is InChI=1S/C18H28N2O/c1-13(2)12-20-10-8-14(9-11-20)19-17-7-6-16-15(17)4-3-5-18(16)21/h3-5,13-14,17,19,21H,6-12H2,1-2H3/t17-/m1/s1. The summed E-state index contributed by atoms with van der Waals surface area (Å²) in [4.78, 5) is 2.59. The van der Waals surface area contributed by atoms with Crippen LogP contribution in [-0.4, -0.2) is 35.7 Å². The van der Waals surface area contributed by atoms with E-state index in [2.05, 4.69) is 30.1 Å². The van der Waals surface area contributed by atoms with Crippen molar-refractivity contribution < 1.29 is 5.11 Å². The van der Waals surface area contributed by atoms with E-state index in [0.717, 1.165) is 24.3 Å². The summed E-state index contributed by atoms with van der Waals surface area (Å²) in [6.45, 7) is 8.26. The molecule has 3 nitrogen and oxygen atoms in total. The van der Waals surface area contributed by atoms with Crippen molar-refractivity contribution in [2.45, 2.75) is 51.6 Å². The first kappa shape index (κ1) is 14.9. The van der Waals surface area contributed by atoms with Crippen LogP contribution in [0.3, 0.4) is 0 Å². The van der Waals surface area contributed by atoms with Gasteiger partial charge in [-0.15, -0.1) is 0 Å². The van der Waals surface area contributed by atoms with Crippen molar-refractivity contribution in [1.29, 1.82) is 0 Å². The maximum Gasteiger partial charge on any atom is 0.119 e. The van der Waals surface area contributed by atoms with Gasteiger partial charge in [0.25, 0.3) is 0 Å². The van der Waals surface area contributed by atoms with Crippen LogP contribution in [0.25, 0.3) is 0 Å². The maximum atomic E-state index is 9.94. The Morgan fingerprint density at radius 1 is 1.24 bits per heavy atom. The van der Waals surface area contributed by atoms with Gasteiger partial charge in [-0.05, 0) is 61.9 Å². The van der Waals surface area contributed by atoms with E-state index in [-0.39, 0.29) is 0 Å². The Hall–Kier alpha value is -1.06. The Balaban J connectivity index is 1.55. The summed E-state index contributed by atoms with van der Waals surface area (Å²) in [6, 6.07) is 7.03. The zero-order valence-electron chi connectivity index (χ0n) is 13.3. The van der Waals surface area contributed by atoms with Crippen LogP contribution in [0, 0.1) is 5.92 Å². The van der Waals surface area contributed by atoms with Crippen LogP contribution in [0.5, 0.6) is 5.75 Å². The maximum absolute atomic E-state index is 9.94. The molecule has 0 radical (unpaired) electrons. The third-order valence-electron chi connectivity index (χ3n) is 4.89. The van der Waals surface area contributed by atoms with Crippen LogP contribution in [0.4, 0.5) is 0 Å². The van der Waals surface area contributed by atoms with E-state index in [1.54, 1.807) is 0 Å². The second kappa shape index (κ2) is 6.37. The van der Waals surface area contributed by atoms with E-state index in [1.807, 2.05) is 12.1 Å². The average Bonchev–Trinajstić information content (AvgIpc) is 2.85. The Morgan fingerprint density at radius 2 is 2.00 bits per heavy atom. The zero-order valence-corrected chi connectivity index (χ0v) is 13.3. The van der Waals surface area contributed by atoms with Crippen LogP contribution in [0.2, 0.25) is 0 Å². The van der Waals surface area contributed by atoms with Gasteiger partial charge in [-0.3, -0.25) is 0 Å². The average molecular weight is 288 g/mol. The van der Waals surface area contributed by atoms with Gasteiger partial charge < -0.3 is 15.3 Å². The summed E-state index contributed by atoms with van der Waals surface area (Å²) in [5.74, 6) is 1.24. The number of nitrogens with one attached hydrogen (secondary N) is 1. The zero-order chi connectivity index (χ0) is 14.8. The minimum Gasteiger partial charge on any atom is -0.508 e. The van der Waals surface area contributed by atoms with Gasteiger partial charge in [-0.2, -0.15) is 0 Å². The van der Waals surface area contributed by atoms with Crippen molar-refractivity contribution in [3.8, 4) is 5.75 Å². The fraction of sp³-hybridized carbons (Fsp3) is 0.667. The normalized spacial score (nSPS) is 23.7. The van der Waals surface area contributed by atoms with E-state index in [9.17, 15) is 5.11 Å². The lowest BCUT2D eigenvalue weighted by Crippen LogP contribution is -2.44. The molecule has 1 fully saturated rings. The van der Waals surface area contributed by atoms with Crippen LogP contribution in [0.15, 0.2) is 18.2 Å². The molecule has 1 atom stereocenters. The number of hydrogen-bond donors (Lipinski definition) is 2. The molecule has 0 saturated carbocycles. The summed E-state index contributed by atoms with van der Waals surface area (Å²) in [5.41, 5.74) is 2.48. The number of likely N-dealkylation sites (tertiary alicyclic amines) is 1. The highest BCUT2D eigenvalue weighted by Crippen LogP contribution is 2.36. The van der Waals surface area contributed by atoms with E-state index in [4.69, 9.17) is 0 Å². The highest BCUT2D eigenvalue weighted by atomic mass is 16.3. The third kappa shape index (κ3) is 3.41. The summed E-state index contributed by atoms with van der Waals surface area (Å²) in [7, 11) is 0. The molecule has 1 saturated heterocycles. The fourth-order valence-electron chi connectivity index (χ4n) is 3.89. The quantitative estimate of drug-likeness (QED) is 0.893. The number of aromatic hydroxyl groups is 1. The first-order valence-electron chi connectivity index (χ1n) is 8.42. The minimum absolute atomic E-state index is 0.439. The van der Waals surface area contributed by atoms with Crippen molar-refractivity contribution in [2.24, 2.45) is 5.92 Å².